The minimum absolute atomic E-state index is 0.136. The molecule has 0 N–H and O–H groups in total. The Balaban J connectivity index is 2.20. The first-order valence-electron chi connectivity index (χ1n) is 5.30. The predicted molar refractivity (Wildman–Crippen MR) is 70.8 cm³/mol. The first-order chi connectivity index (χ1) is 8.18. The number of hydrogen-bond acceptors (Lipinski definition) is 4. The molecule has 17 heavy (non-hydrogen) atoms. The van der Waals surface area contributed by atoms with Crippen molar-refractivity contribution in [3.05, 3.63) is 47.0 Å². The molecule has 1 unspecified atom stereocenters. The molecule has 1 atom stereocenters. The van der Waals surface area contributed by atoms with E-state index in [2.05, 4.69) is 37.8 Å². The molecule has 2 heterocycles. The zero-order valence-electron chi connectivity index (χ0n) is 9.71. The van der Waals surface area contributed by atoms with Gasteiger partial charge in [0.25, 0.3) is 0 Å². The lowest BCUT2D eigenvalue weighted by Gasteiger charge is -2.24. The monoisotopic (exact) mass is 292 g/mol. The first-order valence-corrected chi connectivity index (χ1v) is 6.09. The first kappa shape index (κ1) is 12.0. The summed E-state index contributed by atoms with van der Waals surface area (Å²) in [4.78, 5) is 14.9. The van der Waals surface area contributed by atoms with Crippen LogP contribution in [0.3, 0.4) is 0 Å². The Morgan fingerprint density at radius 1 is 1.18 bits per heavy atom. The van der Waals surface area contributed by atoms with Gasteiger partial charge in [0.15, 0.2) is 0 Å². The standard InChI is InChI=1S/C12H13BrN4/c1-9(11-5-3-4-6-14-11)17(2)12-15-7-10(13)8-16-12/h3-9H,1-2H3. The van der Waals surface area contributed by atoms with Gasteiger partial charge in [-0.2, -0.15) is 0 Å². The van der Waals surface area contributed by atoms with E-state index in [1.165, 1.54) is 0 Å². The Morgan fingerprint density at radius 3 is 2.47 bits per heavy atom. The number of anilines is 1. The molecular weight excluding hydrogens is 280 g/mol. The second-order valence-electron chi connectivity index (χ2n) is 3.74. The molecular formula is C12H13BrN4. The summed E-state index contributed by atoms with van der Waals surface area (Å²) >= 11 is 3.32. The molecule has 0 radical (unpaired) electrons. The molecule has 0 aliphatic heterocycles. The van der Waals surface area contributed by atoms with Crippen LogP contribution in [-0.2, 0) is 0 Å². The maximum Gasteiger partial charge on any atom is 0.225 e. The third kappa shape index (κ3) is 2.79. The van der Waals surface area contributed by atoms with Gasteiger partial charge in [0.2, 0.25) is 5.95 Å². The van der Waals surface area contributed by atoms with Crippen LogP contribution >= 0.6 is 15.9 Å². The summed E-state index contributed by atoms with van der Waals surface area (Å²) in [6.07, 6.45) is 5.27. The minimum atomic E-state index is 0.136. The van der Waals surface area contributed by atoms with E-state index in [1.807, 2.05) is 30.1 Å². The lowest BCUT2D eigenvalue weighted by molar-refractivity contribution is 0.693. The molecule has 88 valence electrons. The number of aromatic nitrogens is 3. The fourth-order valence-electron chi connectivity index (χ4n) is 1.48. The molecule has 2 aromatic rings. The number of pyridine rings is 1. The lowest BCUT2D eigenvalue weighted by Crippen LogP contribution is -2.24. The molecule has 0 aliphatic carbocycles. The molecule has 2 rings (SSSR count). The van der Waals surface area contributed by atoms with Crippen LogP contribution in [0.5, 0.6) is 0 Å². The maximum absolute atomic E-state index is 4.34. The van der Waals surface area contributed by atoms with E-state index in [-0.39, 0.29) is 6.04 Å². The smallest absolute Gasteiger partial charge is 0.225 e. The van der Waals surface area contributed by atoms with Gasteiger partial charge in [-0.15, -0.1) is 0 Å². The summed E-state index contributed by atoms with van der Waals surface area (Å²) in [5.41, 5.74) is 1.00. The van der Waals surface area contributed by atoms with Crippen LogP contribution in [0.4, 0.5) is 5.95 Å². The Labute approximate surface area is 109 Å². The summed E-state index contributed by atoms with van der Waals surface area (Å²) in [5, 5.41) is 0. The second kappa shape index (κ2) is 5.23. The van der Waals surface area contributed by atoms with Crippen molar-refractivity contribution in [3.63, 3.8) is 0 Å². The van der Waals surface area contributed by atoms with Gasteiger partial charge >= 0.3 is 0 Å². The van der Waals surface area contributed by atoms with Crippen LogP contribution in [0, 0.1) is 0 Å². The molecule has 0 saturated heterocycles. The van der Waals surface area contributed by atoms with E-state index in [0.717, 1.165) is 10.2 Å². The van der Waals surface area contributed by atoms with Crippen LogP contribution in [0.1, 0.15) is 18.7 Å². The quantitative estimate of drug-likeness (QED) is 0.872. The van der Waals surface area contributed by atoms with Gasteiger partial charge in [-0.3, -0.25) is 4.98 Å². The van der Waals surface area contributed by atoms with Crippen molar-refractivity contribution in [3.8, 4) is 0 Å². The summed E-state index contributed by atoms with van der Waals surface area (Å²) in [5.74, 6) is 0.686. The van der Waals surface area contributed by atoms with Gasteiger partial charge in [0.05, 0.1) is 16.2 Å². The van der Waals surface area contributed by atoms with Crippen LogP contribution in [0.2, 0.25) is 0 Å². The van der Waals surface area contributed by atoms with Crippen LogP contribution in [-0.4, -0.2) is 22.0 Å². The van der Waals surface area contributed by atoms with Gasteiger partial charge in [-0.25, -0.2) is 9.97 Å². The highest BCUT2D eigenvalue weighted by molar-refractivity contribution is 9.10. The van der Waals surface area contributed by atoms with Gasteiger partial charge in [-0.1, -0.05) is 6.07 Å². The average Bonchev–Trinajstić information content (AvgIpc) is 2.39. The molecule has 4 nitrogen and oxygen atoms in total. The Kier molecular flexibility index (Phi) is 3.68. The number of halogens is 1. The molecule has 0 aromatic carbocycles. The topological polar surface area (TPSA) is 41.9 Å². The molecule has 0 spiro atoms. The van der Waals surface area contributed by atoms with Gasteiger partial charge in [0, 0.05) is 25.6 Å². The summed E-state index contributed by atoms with van der Waals surface area (Å²) in [7, 11) is 1.96. The molecule has 2 aromatic heterocycles. The fourth-order valence-corrected chi connectivity index (χ4v) is 1.69. The number of nitrogens with zero attached hydrogens (tertiary/aromatic N) is 4. The van der Waals surface area contributed by atoms with E-state index in [4.69, 9.17) is 0 Å². The molecule has 5 heteroatoms. The summed E-state index contributed by atoms with van der Waals surface area (Å²) in [6, 6.07) is 6.03. The Bertz CT molecular complexity index is 472. The zero-order valence-corrected chi connectivity index (χ0v) is 11.3. The lowest BCUT2D eigenvalue weighted by atomic mass is 10.2. The fraction of sp³-hybridized carbons (Fsp3) is 0.250. The minimum Gasteiger partial charge on any atom is -0.336 e. The largest absolute Gasteiger partial charge is 0.336 e. The maximum atomic E-state index is 4.34. The molecule has 0 bridgehead atoms. The molecule has 0 amide bonds. The van der Waals surface area contributed by atoms with Crippen LogP contribution in [0.25, 0.3) is 0 Å². The van der Waals surface area contributed by atoms with Crippen LogP contribution in [0.15, 0.2) is 41.3 Å². The third-order valence-electron chi connectivity index (χ3n) is 2.62. The van der Waals surface area contributed by atoms with Gasteiger partial charge < -0.3 is 4.90 Å². The van der Waals surface area contributed by atoms with E-state index < -0.39 is 0 Å². The Hall–Kier alpha value is -1.49. The molecule has 0 fully saturated rings. The average molecular weight is 293 g/mol. The van der Waals surface area contributed by atoms with Crippen molar-refractivity contribution < 1.29 is 0 Å². The number of rotatable bonds is 3. The van der Waals surface area contributed by atoms with Crippen molar-refractivity contribution in [1.29, 1.82) is 0 Å². The predicted octanol–water partition coefficient (Wildman–Crippen LogP) is 2.83. The van der Waals surface area contributed by atoms with Crippen LogP contribution < -0.4 is 4.90 Å². The van der Waals surface area contributed by atoms with Gasteiger partial charge in [-0.05, 0) is 35.0 Å². The highest BCUT2D eigenvalue weighted by Gasteiger charge is 2.14. The number of hydrogen-bond donors (Lipinski definition) is 0. The highest BCUT2D eigenvalue weighted by Crippen LogP contribution is 2.20. The Morgan fingerprint density at radius 2 is 1.88 bits per heavy atom. The van der Waals surface area contributed by atoms with Crippen molar-refractivity contribution in [2.24, 2.45) is 0 Å². The van der Waals surface area contributed by atoms with Crippen molar-refractivity contribution in [2.75, 3.05) is 11.9 Å². The normalized spacial score (nSPS) is 12.2. The summed E-state index contributed by atoms with van der Waals surface area (Å²) in [6.45, 7) is 2.08. The van der Waals surface area contributed by atoms with E-state index >= 15 is 0 Å². The highest BCUT2D eigenvalue weighted by atomic mass is 79.9. The zero-order chi connectivity index (χ0) is 12.3. The van der Waals surface area contributed by atoms with E-state index in [1.54, 1.807) is 18.6 Å². The summed E-state index contributed by atoms with van der Waals surface area (Å²) < 4.78 is 0.875. The SMILES string of the molecule is CC(c1ccccn1)N(C)c1ncc(Br)cn1. The molecule has 0 saturated carbocycles. The van der Waals surface area contributed by atoms with Gasteiger partial charge in [0.1, 0.15) is 0 Å². The third-order valence-corrected chi connectivity index (χ3v) is 3.03. The van der Waals surface area contributed by atoms with Crippen molar-refractivity contribution >= 4 is 21.9 Å². The van der Waals surface area contributed by atoms with Crippen molar-refractivity contribution in [2.45, 2.75) is 13.0 Å². The van der Waals surface area contributed by atoms with E-state index in [0.29, 0.717) is 5.95 Å². The van der Waals surface area contributed by atoms with E-state index in [9.17, 15) is 0 Å². The molecule has 0 aliphatic rings. The van der Waals surface area contributed by atoms with Crippen molar-refractivity contribution in [1.82, 2.24) is 15.0 Å². The second-order valence-corrected chi connectivity index (χ2v) is 4.66.